The standard InChI is InChI=1S/C25H25N5OS/c1-30(16-19-10-6-3-7-11-19)24(31)20-12-13-23(27-15-20)29-25-28-22(17-32-25)21(26)14-18-8-4-2-5-9-18/h2-13,15,17,21H,14,16,26H2,1H3,(H,27,28,29). The van der Waals surface area contributed by atoms with Crippen molar-refractivity contribution < 1.29 is 4.79 Å². The average molecular weight is 444 g/mol. The van der Waals surface area contributed by atoms with E-state index >= 15 is 0 Å². The Balaban J connectivity index is 1.35. The lowest BCUT2D eigenvalue weighted by atomic mass is 10.1. The monoisotopic (exact) mass is 443 g/mol. The van der Waals surface area contributed by atoms with Crippen LogP contribution in [0.2, 0.25) is 0 Å². The number of anilines is 2. The molecule has 0 saturated heterocycles. The molecule has 1 unspecified atom stereocenters. The molecule has 0 aliphatic carbocycles. The van der Waals surface area contributed by atoms with Crippen LogP contribution in [0.15, 0.2) is 84.4 Å². The van der Waals surface area contributed by atoms with Crippen LogP contribution in [0.3, 0.4) is 0 Å². The fraction of sp³-hybridized carbons (Fsp3) is 0.160. The molecule has 0 fully saturated rings. The first-order valence-corrected chi connectivity index (χ1v) is 11.2. The molecule has 2 heterocycles. The molecule has 4 rings (SSSR count). The van der Waals surface area contributed by atoms with E-state index in [1.54, 1.807) is 30.3 Å². The van der Waals surface area contributed by atoms with Gasteiger partial charge in [-0.05, 0) is 29.7 Å². The third-order valence-electron chi connectivity index (χ3n) is 5.05. The van der Waals surface area contributed by atoms with Crippen LogP contribution in [0.5, 0.6) is 0 Å². The van der Waals surface area contributed by atoms with Crippen molar-refractivity contribution in [1.29, 1.82) is 0 Å². The fourth-order valence-corrected chi connectivity index (χ4v) is 4.12. The normalized spacial score (nSPS) is 11.7. The zero-order valence-corrected chi connectivity index (χ0v) is 18.6. The summed E-state index contributed by atoms with van der Waals surface area (Å²) in [5.74, 6) is 0.557. The summed E-state index contributed by atoms with van der Waals surface area (Å²) in [6.45, 7) is 0.546. The van der Waals surface area contributed by atoms with Crippen LogP contribution < -0.4 is 11.1 Å². The summed E-state index contributed by atoms with van der Waals surface area (Å²) < 4.78 is 0. The minimum Gasteiger partial charge on any atom is -0.337 e. The highest BCUT2D eigenvalue weighted by atomic mass is 32.1. The van der Waals surface area contributed by atoms with E-state index in [0.29, 0.717) is 17.9 Å². The number of carbonyl (C=O) groups excluding carboxylic acids is 1. The van der Waals surface area contributed by atoms with Gasteiger partial charge in [0.05, 0.1) is 17.3 Å². The average Bonchev–Trinajstić information content (AvgIpc) is 3.29. The van der Waals surface area contributed by atoms with Crippen molar-refractivity contribution in [1.82, 2.24) is 14.9 Å². The molecule has 32 heavy (non-hydrogen) atoms. The lowest BCUT2D eigenvalue weighted by Gasteiger charge is -2.17. The predicted octanol–water partition coefficient (Wildman–Crippen LogP) is 4.80. The molecule has 0 spiro atoms. The van der Waals surface area contributed by atoms with Crippen LogP contribution in [-0.2, 0) is 13.0 Å². The molecule has 1 amide bonds. The van der Waals surface area contributed by atoms with Gasteiger partial charge in [-0.2, -0.15) is 0 Å². The number of hydrogen-bond acceptors (Lipinski definition) is 6. The molecule has 0 radical (unpaired) electrons. The van der Waals surface area contributed by atoms with Gasteiger partial charge in [0.1, 0.15) is 5.82 Å². The molecule has 4 aromatic rings. The maximum absolute atomic E-state index is 12.7. The lowest BCUT2D eigenvalue weighted by molar-refractivity contribution is 0.0784. The van der Waals surface area contributed by atoms with Gasteiger partial charge in [-0.3, -0.25) is 4.79 Å². The summed E-state index contributed by atoms with van der Waals surface area (Å²) in [4.78, 5) is 23.4. The molecule has 1 atom stereocenters. The molecule has 2 aromatic heterocycles. The summed E-state index contributed by atoms with van der Waals surface area (Å²) in [5, 5.41) is 5.88. The predicted molar refractivity (Wildman–Crippen MR) is 129 cm³/mol. The van der Waals surface area contributed by atoms with E-state index in [0.717, 1.165) is 22.8 Å². The van der Waals surface area contributed by atoms with Crippen molar-refractivity contribution in [3.63, 3.8) is 0 Å². The van der Waals surface area contributed by atoms with Gasteiger partial charge in [0, 0.05) is 25.2 Å². The number of benzene rings is 2. The Labute approximate surface area is 191 Å². The first-order valence-electron chi connectivity index (χ1n) is 10.4. The highest BCUT2D eigenvalue weighted by Gasteiger charge is 2.14. The summed E-state index contributed by atoms with van der Waals surface area (Å²) in [7, 11) is 1.79. The maximum Gasteiger partial charge on any atom is 0.255 e. The first-order chi connectivity index (χ1) is 15.6. The summed E-state index contributed by atoms with van der Waals surface area (Å²) >= 11 is 1.48. The van der Waals surface area contributed by atoms with E-state index in [-0.39, 0.29) is 11.9 Å². The van der Waals surface area contributed by atoms with Crippen LogP contribution in [0.25, 0.3) is 0 Å². The van der Waals surface area contributed by atoms with Gasteiger partial charge in [0.2, 0.25) is 0 Å². The summed E-state index contributed by atoms with van der Waals surface area (Å²) in [5.41, 5.74) is 9.98. The quantitative estimate of drug-likeness (QED) is 0.409. The van der Waals surface area contributed by atoms with Crippen molar-refractivity contribution in [2.45, 2.75) is 19.0 Å². The number of amides is 1. The molecule has 162 valence electrons. The molecule has 6 nitrogen and oxygen atoms in total. The minimum absolute atomic E-state index is 0.0728. The van der Waals surface area contributed by atoms with E-state index < -0.39 is 0 Å². The largest absolute Gasteiger partial charge is 0.337 e. The number of nitrogens with zero attached hydrogens (tertiary/aromatic N) is 3. The minimum atomic E-state index is -0.169. The fourth-order valence-electron chi connectivity index (χ4n) is 3.34. The molecule has 0 bridgehead atoms. The number of aromatic nitrogens is 2. The molecule has 0 saturated carbocycles. The third kappa shape index (κ3) is 5.57. The first kappa shape index (κ1) is 21.7. The van der Waals surface area contributed by atoms with Crippen molar-refractivity contribution in [2.75, 3.05) is 12.4 Å². The number of nitrogens with one attached hydrogen (secondary N) is 1. The van der Waals surface area contributed by atoms with Crippen molar-refractivity contribution >= 4 is 28.2 Å². The van der Waals surface area contributed by atoms with Crippen LogP contribution in [0.4, 0.5) is 10.9 Å². The van der Waals surface area contributed by atoms with Gasteiger partial charge in [-0.1, -0.05) is 60.7 Å². The number of carbonyl (C=O) groups is 1. The van der Waals surface area contributed by atoms with Gasteiger partial charge in [0.25, 0.3) is 5.91 Å². The summed E-state index contributed by atoms with van der Waals surface area (Å²) in [6.07, 6.45) is 2.32. The van der Waals surface area contributed by atoms with E-state index in [9.17, 15) is 4.79 Å². The van der Waals surface area contributed by atoms with E-state index in [1.807, 2.05) is 53.9 Å². The van der Waals surface area contributed by atoms with Crippen molar-refractivity contribution in [3.05, 3.63) is 107 Å². The Morgan fingerprint density at radius 2 is 1.72 bits per heavy atom. The Bertz CT molecular complexity index is 1150. The van der Waals surface area contributed by atoms with Crippen LogP contribution in [0.1, 0.15) is 33.2 Å². The number of nitrogens with two attached hydrogens (primary N) is 1. The van der Waals surface area contributed by atoms with E-state index in [4.69, 9.17) is 5.73 Å². The second kappa shape index (κ2) is 10.2. The number of hydrogen-bond donors (Lipinski definition) is 2. The van der Waals surface area contributed by atoms with E-state index in [2.05, 4.69) is 27.4 Å². The topological polar surface area (TPSA) is 84.1 Å². The van der Waals surface area contributed by atoms with Gasteiger partial charge < -0.3 is 16.0 Å². The molecular formula is C25H25N5OS. The molecule has 3 N–H and O–H groups in total. The molecule has 0 aliphatic heterocycles. The molecular weight excluding hydrogens is 418 g/mol. The van der Waals surface area contributed by atoms with Crippen molar-refractivity contribution in [2.24, 2.45) is 5.73 Å². The number of pyridine rings is 1. The van der Waals surface area contributed by atoms with Gasteiger partial charge in [0.15, 0.2) is 5.13 Å². The Hall–Kier alpha value is -3.55. The zero-order valence-electron chi connectivity index (χ0n) is 17.8. The van der Waals surface area contributed by atoms with Gasteiger partial charge in [-0.25, -0.2) is 9.97 Å². The van der Waals surface area contributed by atoms with Crippen LogP contribution in [0, 0.1) is 0 Å². The molecule has 0 aliphatic rings. The SMILES string of the molecule is CN(Cc1ccccc1)C(=O)c1ccc(Nc2nc(C(N)Cc3ccccc3)cs2)nc1. The maximum atomic E-state index is 12.7. The smallest absolute Gasteiger partial charge is 0.255 e. The van der Waals surface area contributed by atoms with E-state index in [1.165, 1.54) is 16.9 Å². The third-order valence-corrected chi connectivity index (χ3v) is 5.83. The van der Waals surface area contributed by atoms with Gasteiger partial charge >= 0.3 is 0 Å². The lowest BCUT2D eigenvalue weighted by Crippen LogP contribution is -2.26. The zero-order chi connectivity index (χ0) is 22.3. The highest BCUT2D eigenvalue weighted by Crippen LogP contribution is 2.24. The Morgan fingerprint density at radius 3 is 2.38 bits per heavy atom. The Kier molecular flexibility index (Phi) is 6.89. The molecule has 7 heteroatoms. The molecule has 2 aromatic carbocycles. The van der Waals surface area contributed by atoms with Crippen molar-refractivity contribution in [3.8, 4) is 0 Å². The second-order valence-corrected chi connectivity index (χ2v) is 8.44. The van der Waals surface area contributed by atoms with Gasteiger partial charge in [-0.15, -0.1) is 11.3 Å². The number of thiazole rings is 1. The van der Waals surface area contributed by atoms with Crippen LogP contribution >= 0.6 is 11.3 Å². The number of rotatable bonds is 8. The van der Waals surface area contributed by atoms with Crippen LogP contribution in [-0.4, -0.2) is 27.8 Å². The summed E-state index contributed by atoms with van der Waals surface area (Å²) in [6, 6.07) is 23.4. The Morgan fingerprint density at radius 1 is 1.03 bits per heavy atom. The second-order valence-electron chi connectivity index (χ2n) is 7.58. The highest BCUT2D eigenvalue weighted by molar-refractivity contribution is 7.13.